The minimum atomic E-state index is -3.60. The number of carbonyl (C=O) groups is 1. The van der Waals surface area contributed by atoms with Gasteiger partial charge in [0.05, 0.1) is 0 Å². The first kappa shape index (κ1) is 18.4. The summed E-state index contributed by atoms with van der Waals surface area (Å²) in [5.41, 5.74) is 0.677. The smallest absolute Gasteiger partial charge is 0.285 e. The highest BCUT2D eigenvalue weighted by Gasteiger charge is 2.37. The average Bonchev–Trinajstić information content (AvgIpc) is 3.24. The van der Waals surface area contributed by atoms with E-state index in [0.29, 0.717) is 30.5 Å². The van der Waals surface area contributed by atoms with Gasteiger partial charge in [0.1, 0.15) is 4.90 Å². The fraction of sp³-hybridized carbons (Fsp3) is 0.579. The molecule has 2 saturated heterocycles. The average molecular weight is 391 g/mol. The van der Waals surface area contributed by atoms with Gasteiger partial charge in [0.2, 0.25) is 5.91 Å². The van der Waals surface area contributed by atoms with E-state index in [9.17, 15) is 13.2 Å². The van der Waals surface area contributed by atoms with Crippen molar-refractivity contribution >= 4 is 21.8 Å². The maximum atomic E-state index is 13.0. The van der Waals surface area contributed by atoms with Crippen LogP contribution in [0.2, 0.25) is 0 Å². The number of piperidine rings is 1. The number of likely N-dealkylation sites (N-methyl/N-ethyl adjacent to an activating group) is 1. The van der Waals surface area contributed by atoms with Gasteiger partial charge in [0, 0.05) is 43.7 Å². The third-order valence-corrected chi connectivity index (χ3v) is 7.18. The van der Waals surface area contributed by atoms with Crippen LogP contribution in [0.5, 0.6) is 0 Å². The fourth-order valence-corrected chi connectivity index (χ4v) is 5.69. The van der Waals surface area contributed by atoms with E-state index in [-0.39, 0.29) is 16.7 Å². The Bertz CT molecular complexity index is 859. The molecule has 7 nitrogen and oxygen atoms in total. The summed E-state index contributed by atoms with van der Waals surface area (Å²) in [4.78, 5) is 17.3. The summed E-state index contributed by atoms with van der Waals surface area (Å²) in [6.45, 7) is 3.01. The number of amidine groups is 1. The van der Waals surface area contributed by atoms with Crippen LogP contribution < -0.4 is 5.32 Å². The fourth-order valence-electron chi connectivity index (χ4n) is 4.46. The van der Waals surface area contributed by atoms with Crippen molar-refractivity contribution in [1.29, 1.82) is 0 Å². The summed E-state index contributed by atoms with van der Waals surface area (Å²) in [5.74, 6) is 0.812. The molecular weight excluding hydrogens is 364 g/mol. The monoisotopic (exact) mass is 390 g/mol. The van der Waals surface area contributed by atoms with Crippen molar-refractivity contribution in [3.63, 3.8) is 0 Å². The normalized spacial score (nSPS) is 24.8. The Kier molecular flexibility index (Phi) is 4.94. The van der Waals surface area contributed by atoms with E-state index >= 15 is 0 Å². The number of rotatable bonds is 3. The quantitative estimate of drug-likeness (QED) is 0.835. The highest BCUT2D eigenvalue weighted by molar-refractivity contribution is 7.90. The predicted molar refractivity (Wildman–Crippen MR) is 103 cm³/mol. The molecular formula is C19H26N4O3S. The highest BCUT2D eigenvalue weighted by atomic mass is 32.2. The number of nitrogens with zero attached hydrogens (tertiary/aromatic N) is 3. The number of sulfonamides is 1. The van der Waals surface area contributed by atoms with Gasteiger partial charge in [-0.1, -0.05) is 12.1 Å². The number of amides is 1. The second-order valence-electron chi connectivity index (χ2n) is 7.53. The number of benzene rings is 1. The summed E-state index contributed by atoms with van der Waals surface area (Å²) in [6.07, 6.45) is 3.62. The molecule has 4 rings (SSSR count). The molecule has 0 aliphatic carbocycles. The van der Waals surface area contributed by atoms with Crippen LogP contribution in [0.3, 0.4) is 0 Å². The largest absolute Gasteiger partial charge is 0.355 e. The van der Waals surface area contributed by atoms with E-state index < -0.39 is 10.0 Å². The van der Waals surface area contributed by atoms with Gasteiger partial charge in [-0.25, -0.2) is 0 Å². The topological polar surface area (TPSA) is 82.1 Å². The molecule has 3 aliphatic heterocycles. The molecule has 1 aromatic carbocycles. The van der Waals surface area contributed by atoms with Crippen molar-refractivity contribution in [2.24, 2.45) is 10.3 Å². The van der Waals surface area contributed by atoms with Gasteiger partial charge in [-0.15, -0.1) is 4.40 Å². The van der Waals surface area contributed by atoms with Crippen molar-refractivity contribution in [3.8, 4) is 0 Å². The molecule has 0 bridgehead atoms. The molecule has 1 amide bonds. The van der Waals surface area contributed by atoms with Crippen LogP contribution in [-0.4, -0.2) is 69.2 Å². The molecule has 0 saturated carbocycles. The lowest BCUT2D eigenvalue weighted by Crippen LogP contribution is -2.47. The van der Waals surface area contributed by atoms with Crippen LogP contribution in [0.15, 0.2) is 33.6 Å². The van der Waals surface area contributed by atoms with Crippen molar-refractivity contribution in [2.75, 3.05) is 33.2 Å². The highest BCUT2D eigenvalue weighted by Crippen LogP contribution is 2.31. The number of hydrogen-bond donors (Lipinski definition) is 1. The van der Waals surface area contributed by atoms with Crippen LogP contribution in [0, 0.1) is 5.92 Å². The Morgan fingerprint density at radius 2 is 1.93 bits per heavy atom. The molecule has 0 radical (unpaired) electrons. The maximum absolute atomic E-state index is 13.0. The summed E-state index contributed by atoms with van der Waals surface area (Å²) in [5, 5.41) is 3.18. The van der Waals surface area contributed by atoms with Crippen molar-refractivity contribution in [3.05, 3.63) is 29.8 Å². The lowest BCUT2D eigenvalue weighted by atomic mass is 9.94. The zero-order valence-electron chi connectivity index (χ0n) is 15.6. The minimum Gasteiger partial charge on any atom is -0.355 e. The molecule has 1 unspecified atom stereocenters. The van der Waals surface area contributed by atoms with Gasteiger partial charge < -0.3 is 15.1 Å². The van der Waals surface area contributed by atoms with Crippen LogP contribution in [-0.2, 0) is 14.8 Å². The summed E-state index contributed by atoms with van der Waals surface area (Å²) in [6, 6.07) is 7.27. The first-order valence-electron chi connectivity index (χ1n) is 9.65. The van der Waals surface area contributed by atoms with E-state index in [2.05, 4.69) is 9.71 Å². The first-order valence-corrected chi connectivity index (χ1v) is 11.1. The summed E-state index contributed by atoms with van der Waals surface area (Å²) in [7, 11) is -1.67. The van der Waals surface area contributed by atoms with Crippen LogP contribution in [0.25, 0.3) is 0 Å². The van der Waals surface area contributed by atoms with Gasteiger partial charge in [0.15, 0.2) is 5.84 Å². The van der Waals surface area contributed by atoms with Crippen LogP contribution in [0.1, 0.15) is 31.2 Å². The maximum Gasteiger partial charge on any atom is 0.285 e. The third kappa shape index (κ3) is 3.36. The number of hydrogen-bond acceptors (Lipinski definition) is 5. The molecule has 3 aliphatic rings. The summed E-state index contributed by atoms with van der Waals surface area (Å²) < 4.78 is 28.5. The Morgan fingerprint density at radius 1 is 1.19 bits per heavy atom. The van der Waals surface area contributed by atoms with E-state index in [1.165, 1.54) is 0 Å². The number of carbonyl (C=O) groups excluding carboxylic acids is 1. The molecule has 1 N–H and O–H groups in total. The zero-order valence-corrected chi connectivity index (χ0v) is 16.4. The Labute approximate surface area is 160 Å². The van der Waals surface area contributed by atoms with Gasteiger partial charge in [-0.05, 0) is 44.9 Å². The van der Waals surface area contributed by atoms with E-state index in [4.69, 9.17) is 0 Å². The zero-order chi connectivity index (χ0) is 19.0. The molecule has 27 heavy (non-hydrogen) atoms. The second-order valence-corrected chi connectivity index (χ2v) is 9.11. The van der Waals surface area contributed by atoms with E-state index in [1.54, 1.807) is 12.1 Å². The second kappa shape index (κ2) is 7.24. The molecule has 8 heteroatoms. The SMILES string of the molecule is CNCC1CCCN1C(=O)C1CCN(C2=NS(=O)(=O)c3ccccc32)CC1. The van der Waals surface area contributed by atoms with Crippen LogP contribution >= 0.6 is 0 Å². The Hall–Kier alpha value is -1.93. The van der Waals surface area contributed by atoms with Crippen molar-refractivity contribution < 1.29 is 13.2 Å². The molecule has 0 spiro atoms. The standard InChI is InChI=1S/C19H26N4O3S/c1-20-13-15-5-4-10-23(15)19(24)14-8-11-22(12-9-14)18-16-6-2-3-7-17(16)27(25,26)21-18/h2-3,6-7,14-15,20H,4-5,8-13H2,1H3. The van der Waals surface area contributed by atoms with Gasteiger partial charge in [-0.2, -0.15) is 8.42 Å². The number of fused-ring (bicyclic) bond motifs is 1. The van der Waals surface area contributed by atoms with Gasteiger partial charge >= 0.3 is 0 Å². The Morgan fingerprint density at radius 3 is 2.67 bits per heavy atom. The first-order chi connectivity index (χ1) is 13.0. The molecule has 2 fully saturated rings. The molecule has 3 heterocycles. The number of likely N-dealkylation sites (tertiary alicyclic amines) is 2. The lowest BCUT2D eigenvalue weighted by molar-refractivity contribution is -0.137. The number of nitrogens with one attached hydrogen (secondary N) is 1. The van der Waals surface area contributed by atoms with Crippen molar-refractivity contribution in [2.45, 2.75) is 36.6 Å². The molecule has 1 atom stereocenters. The van der Waals surface area contributed by atoms with Crippen molar-refractivity contribution in [1.82, 2.24) is 15.1 Å². The predicted octanol–water partition coefficient (Wildman–Crippen LogP) is 1.06. The third-order valence-electron chi connectivity index (χ3n) is 5.86. The van der Waals surface area contributed by atoms with E-state index in [1.807, 2.05) is 29.0 Å². The minimum absolute atomic E-state index is 0.0209. The van der Waals surface area contributed by atoms with Gasteiger partial charge in [0.25, 0.3) is 10.0 Å². The van der Waals surface area contributed by atoms with Gasteiger partial charge in [-0.3, -0.25) is 4.79 Å². The molecule has 0 aromatic heterocycles. The van der Waals surface area contributed by atoms with E-state index in [0.717, 1.165) is 38.8 Å². The molecule has 1 aromatic rings. The van der Waals surface area contributed by atoms with Crippen LogP contribution in [0.4, 0.5) is 0 Å². The lowest BCUT2D eigenvalue weighted by Gasteiger charge is -2.35. The Balaban J connectivity index is 1.43. The summed E-state index contributed by atoms with van der Waals surface area (Å²) >= 11 is 0. The molecule has 146 valence electrons.